The van der Waals surface area contributed by atoms with Crippen molar-refractivity contribution >= 4 is 35.0 Å². The minimum atomic E-state index is -0.577. The fraction of sp³-hybridized carbons (Fsp3) is 0.545. The summed E-state index contributed by atoms with van der Waals surface area (Å²) in [7, 11) is 0. The Labute approximate surface area is 195 Å². The Balaban J connectivity index is 1.49. The monoisotopic (exact) mass is 481 g/mol. The van der Waals surface area contributed by atoms with Crippen LogP contribution >= 0.6 is 23.2 Å². The molecular formula is C22H26Cl2FN5O2. The van der Waals surface area contributed by atoms with Crippen molar-refractivity contribution in [2.24, 2.45) is 11.3 Å². The molecule has 4 rings (SSSR count). The van der Waals surface area contributed by atoms with Gasteiger partial charge in [0.25, 0.3) is 5.91 Å². The lowest BCUT2D eigenvalue weighted by molar-refractivity contribution is -0.126. The third-order valence-electron chi connectivity index (χ3n) is 6.87. The van der Waals surface area contributed by atoms with Crippen molar-refractivity contribution < 1.29 is 14.0 Å². The Morgan fingerprint density at radius 2 is 2.00 bits per heavy atom. The number of aromatic nitrogens is 3. The van der Waals surface area contributed by atoms with Crippen molar-refractivity contribution in [2.75, 3.05) is 0 Å². The molecule has 2 aliphatic carbocycles. The van der Waals surface area contributed by atoms with Crippen LogP contribution in [0.25, 0.3) is 0 Å². The second kappa shape index (κ2) is 9.35. The van der Waals surface area contributed by atoms with Gasteiger partial charge in [0.1, 0.15) is 12.1 Å². The predicted molar refractivity (Wildman–Crippen MR) is 119 cm³/mol. The van der Waals surface area contributed by atoms with Gasteiger partial charge in [0.05, 0.1) is 16.1 Å². The molecule has 1 heterocycles. The zero-order chi connectivity index (χ0) is 22.9. The lowest BCUT2D eigenvalue weighted by Crippen LogP contribution is -2.42. The number of amides is 2. The Bertz CT molecular complexity index is 994. The molecular weight excluding hydrogens is 456 g/mol. The van der Waals surface area contributed by atoms with Crippen LogP contribution in [0.4, 0.5) is 4.39 Å². The van der Waals surface area contributed by atoms with Gasteiger partial charge in [-0.3, -0.25) is 14.7 Å². The summed E-state index contributed by atoms with van der Waals surface area (Å²) in [4.78, 5) is 29.3. The average Bonchev–Trinajstić information content (AvgIpc) is 3.52. The smallest absolute Gasteiger partial charge is 0.288 e. The number of carbonyl (C=O) groups excluding carboxylic acids is 2. The van der Waals surface area contributed by atoms with E-state index in [2.05, 4.69) is 32.7 Å². The van der Waals surface area contributed by atoms with Crippen LogP contribution in [0, 0.1) is 17.2 Å². The van der Waals surface area contributed by atoms with E-state index in [1.165, 1.54) is 18.5 Å². The Morgan fingerprint density at radius 1 is 1.25 bits per heavy atom. The normalized spacial score (nSPS) is 23.1. The Hall–Kier alpha value is -2.19. The summed E-state index contributed by atoms with van der Waals surface area (Å²) in [5.74, 6) is -1.13. The molecule has 7 nitrogen and oxygen atoms in total. The standard InChI is InChI=1S/C22H26Cl2FN5O2/c1-22(8-2-3-9-22)18(16-15(25)7-6-14(23)17(16)24)29-20(31)12-4-5-13(10-12)28-21(32)19-26-11-27-30-19/h6-7,11-13,18H,2-5,8-10H2,1H3,(H,28,32)(H,29,31)(H,26,27,30)/t12-,13+,18+/m0/s1. The van der Waals surface area contributed by atoms with Gasteiger partial charge in [0.15, 0.2) is 0 Å². The first kappa shape index (κ1) is 23.0. The summed E-state index contributed by atoms with van der Waals surface area (Å²) in [5.41, 5.74) is -0.0614. The zero-order valence-corrected chi connectivity index (χ0v) is 19.3. The first-order valence-electron chi connectivity index (χ1n) is 10.9. The second-order valence-electron chi connectivity index (χ2n) is 9.07. The molecule has 172 valence electrons. The first-order chi connectivity index (χ1) is 15.3. The van der Waals surface area contributed by atoms with Crippen LogP contribution in [0.15, 0.2) is 18.5 Å². The minimum Gasteiger partial charge on any atom is -0.348 e. The fourth-order valence-corrected chi connectivity index (χ4v) is 5.48. The topological polar surface area (TPSA) is 99.8 Å². The summed E-state index contributed by atoms with van der Waals surface area (Å²) in [5, 5.41) is 12.6. The first-order valence-corrected chi connectivity index (χ1v) is 11.6. The lowest BCUT2D eigenvalue weighted by Gasteiger charge is -2.36. The number of H-pyrrole nitrogens is 1. The van der Waals surface area contributed by atoms with Crippen molar-refractivity contribution in [1.29, 1.82) is 0 Å². The highest BCUT2D eigenvalue weighted by atomic mass is 35.5. The number of nitrogens with zero attached hydrogens (tertiary/aromatic N) is 2. The number of hydrogen-bond donors (Lipinski definition) is 3. The summed E-state index contributed by atoms with van der Waals surface area (Å²) in [6.07, 6.45) is 6.82. The van der Waals surface area contributed by atoms with Gasteiger partial charge in [-0.1, -0.05) is 43.0 Å². The van der Waals surface area contributed by atoms with Crippen molar-refractivity contribution in [1.82, 2.24) is 25.8 Å². The van der Waals surface area contributed by atoms with E-state index in [9.17, 15) is 14.0 Å². The van der Waals surface area contributed by atoms with Gasteiger partial charge in [-0.15, -0.1) is 0 Å². The van der Waals surface area contributed by atoms with E-state index < -0.39 is 11.9 Å². The number of benzene rings is 1. The maximum Gasteiger partial charge on any atom is 0.288 e. The third kappa shape index (κ3) is 4.62. The maximum absolute atomic E-state index is 14.9. The van der Waals surface area contributed by atoms with Gasteiger partial charge in [0, 0.05) is 17.5 Å². The minimum absolute atomic E-state index is 0.137. The van der Waals surface area contributed by atoms with E-state index in [0.717, 1.165) is 25.7 Å². The van der Waals surface area contributed by atoms with Crippen LogP contribution in [-0.4, -0.2) is 33.0 Å². The third-order valence-corrected chi connectivity index (χ3v) is 7.69. The van der Waals surface area contributed by atoms with Crippen molar-refractivity contribution in [3.8, 4) is 0 Å². The average molecular weight is 482 g/mol. The molecule has 0 saturated heterocycles. The molecule has 3 atom stereocenters. The number of aromatic amines is 1. The van der Waals surface area contributed by atoms with Crippen LogP contribution < -0.4 is 10.6 Å². The quantitative estimate of drug-likeness (QED) is 0.525. The van der Waals surface area contributed by atoms with Crippen LogP contribution in [0.2, 0.25) is 10.0 Å². The molecule has 10 heteroatoms. The number of hydrogen-bond acceptors (Lipinski definition) is 4. The number of carbonyl (C=O) groups is 2. The molecule has 2 saturated carbocycles. The van der Waals surface area contributed by atoms with Crippen LogP contribution in [0.3, 0.4) is 0 Å². The van der Waals surface area contributed by atoms with Crippen molar-refractivity contribution in [2.45, 2.75) is 64.0 Å². The summed E-state index contributed by atoms with van der Waals surface area (Å²) >= 11 is 12.6. The predicted octanol–water partition coefficient (Wildman–Crippen LogP) is 4.59. The molecule has 0 bridgehead atoms. The van der Waals surface area contributed by atoms with Crippen molar-refractivity contribution in [3.63, 3.8) is 0 Å². The van der Waals surface area contributed by atoms with Gasteiger partial charge in [-0.25, -0.2) is 9.37 Å². The molecule has 0 radical (unpaired) electrons. The van der Waals surface area contributed by atoms with Crippen molar-refractivity contribution in [3.05, 3.63) is 45.7 Å². The highest BCUT2D eigenvalue weighted by Gasteiger charge is 2.43. The zero-order valence-electron chi connectivity index (χ0n) is 17.8. The molecule has 2 aromatic rings. The van der Waals surface area contributed by atoms with E-state index in [0.29, 0.717) is 19.3 Å². The van der Waals surface area contributed by atoms with E-state index in [-0.39, 0.29) is 50.6 Å². The molecule has 2 fully saturated rings. The van der Waals surface area contributed by atoms with Crippen LogP contribution in [0.1, 0.15) is 74.1 Å². The molecule has 32 heavy (non-hydrogen) atoms. The summed E-state index contributed by atoms with van der Waals surface area (Å²) in [6, 6.07) is 2.00. The molecule has 0 aliphatic heterocycles. The highest BCUT2D eigenvalue weighted by Crippen LogP contribution is 2.50. The SMILES string of the molecule is CC1([C@H](NC(=O)[C@H]2CC[C@@H](NC(=O)c3ncn[nH]3)C2)c2c(F)ccc(Cl)c2Cl)CCCC1. The largest absolute Gasteiger partial charge is 0.348 e. The second-order valence-corrected chi connectivity index (χ2v) is 9.86. The van der Waals surface area contributed by atoms with E-state index in [1.807, 2.05) is 0 Å². The summed E-state index contributed by atoms with van der Waals surface area (Å²) in [6.45, 7) is 2.07. The lowest BCUT2D eigenvalue weighted by atomic mass is 9.76. The highest BCUT2D eigenvalue weighted by molar-refractivity contribution is 6.42. The fourth-order valence-electron chi connectivity index (χ4n) is 5.05. The molecule has 1 aromatic heterocycles. The van der Waals surface area contributed by atoms with E-state index >= 15 is 0 Å². The van der Waals surface area contributed by atoms with E-state index in [1.54, 1.807) is 0 Å². The molecule has 2 amide bonds. The Morgan fingerprint density at radius 3 is 2.69 bits per heavy atom. The number of nitrogens with one attached hydrogen (secondary N) is 3. The van der Waals surface area contributed by atoms with Crippen LogP contribution in [-0.2, 0) is 4.79 Å². The van der Waals surface area contributed by atoms with Gasteiger partial charge < -0.3 is 10.6 Å². The molecule has 0 unspecified atom stereocenters. The number of halogens is 3. The maximum atomic E-state index is 14.9. The molecule has 1 aromatic carbocycles. The summed E-state index contributed by atoms with van der Waals surface area (Å²) < 4.78 is 14.9. The van der Waals surface area contributed by atoms with Gasteiger partial charge in [-0.05, 0) is 49.7 Å². The van der Waals surface area contributed by atoms with Gasteiger partial charge in [-0.2, -0.15) is 5.10 Å². The van der Waals surface area contributed by atoms with E-state index in [4.69, 9.17) is 23.2 Å². The molecule has 2 aliphatic rings. The Kier molecular flexibility index (Phi) is 6.72. The molecule has 0 spiro atoms. The van der Waals surface area contributed by atoms with Gasteiger partial charge >= 0.3 is 0 Å². The molecule has 3 N–H and O–H groups in total. The number of rotatable bonds is 6. The van der Waals surface area contributed by atoms with Gasteiger partial charge in [0.2, 0.25) is 11.7 Å². The van der Waals surface area contributed by atoms with Crippen LogP contribution in [0.5, 0.6) is 0 Å².